The zero-order valence-corrected chi connectivity index (χ0v) is 20.0. The second-order valence-corrected chi connectivity index (χ2v) is 9.01. The number of para-hydroxylation sites is 1. The van der Waals surface area contributed by atoms with Gasteiger partial charge in [-0.2, -0.15) is 0 Å². The van der Waals surface area contributed by atoms with E-state index in [4.69, 9.17) is 0 Å². The molecule has 2 aromatic carbocycles. The number of likely N-dealkylation sites (tertiary alicyclic amines) is 1. The third-order valence-corrected chi connectivity index (χ3v) is 6.38. The number of aryl methyl sites for hydroxylation is 1. The second kappa shape index (κ2) is 11.1. The molecule has 1 aliphatic rings. The van der Waals surface area contributed by atoms with Gasteiger partial charge in [0, 0.05) is 43.7 Å². The first-order valence-electron chi connectivity index (χ1n) is 11.9. The molecule has 34 heavy (non-hydrogen) atoms. The molecule has 7 nitrogen and oxygen atoms in total. The molecular formula is C27H33N5O2. The summed E-state index contributed by atoms with van der Waals surface area (Å²) < 4.78 is 0. The van der Waals surface area contributed by atoms with Crippen LogP contribution in [0.3, 0.4) is 0 Å². The largest absolute Gasteiger partial charge is 0.341 e. The van der Waals surface area contributed by atoms with Crippen LogP contribution in [0, 0.1) is 12.8 Å². The lowest BCUT2D eigenvalue weighted by Gasteiger charge is -2.33. The Kier molecular flexibility index (Phi) is 7.75. The topological polar surface area (TPSA) is 77.6 Å². The zero-order chi connectivity index (χ0) is 23.9. The molecule has 1 fully saturated rings. The fourth-order valence-electron chi connectivity index (χ4n) is 4.56. The molecule has 1 aromatic heterocycles. The highest BCUT2D eigenvalue weighted by molar-refractivity contribution is 6.00. The Hall–Kier alpha value is -3.45. The van der Waals surface area contributed by atoms with Crippen LogP contribution >= 0.6 is 0 Å². The standard InChI is InChI=1S/C27H33N5O2/c1-20-18-25(23-10-6-7-11-24(23)29-20)30-27(34)28-14-17-32-15-12-22(13-16-32)26(33)31(2)19-21-8-4-3-5-9-21/h3-11,18,22H,12-17,19H2,1-2H3,(H2,28,29,30,34). The Morgan fingerprint density at radius 3 is 2.53 bits per heavy atom. The van der Waals surface area contributed by atoms with E-state index in [0.717, 1.165) is 60.3 Å². The highest BCUT2D eigenvalue weighted by Crippen LogP contribution is 2.23. The molecule has 1 aliphatic heterocycles. The maximum atomic E-state index is 12.8. The lowest BCUT2D eigenvalue weighted by molar-refractivity contribution is -0.136. The Morgan fingerprint density at radius 2 is 1.76 bits per heavy atom. The van der Waals surface area contributed by atoms with Gasteiger partial charge in [-0.15, -0.1) is 0 Å². The number of carbonyl (C=O) groups excluding carboxylic acids is 2. The first-order valence-corrected chi connectivity index (χ1v) is 11.9. The number of rotatable bonds is 7. The third kappa shape index (κ3) is 6.11. The van der Waals surface area contributed by atoms with Gasteiger partial charge in [0.25, 0.3) is 0 Å². The van der Waals surface area contributed by atoms with E-state index in [9.17, 15) is 9.59 Å². The highest BCUT2D eigenvalue weighted by atomic mass is 16.2. The average Bonchev–Trinajstić information content (AvgIpc) is 2.84. The van der Waals surface area contributed by atoms with Crippen LogP contribution < -0.4 is 10.6 Å². The van der Waals surface area contributed by atoms with E-state index in [-0.39, 0.29) is 17.9 Å². The van der Waals surface area contributed by atoms with Crippen LogP contribution in [0.15, 0.2) is 60.7 Å². The van der Waals surface area contributed by atoms with Crippen molar-refractivity contribution in [3.63, 3.8) is 0 Å². The Morgan fingerprint density at radius 1 is 1.06 bits per heavy atom. The number of hydrogen-bond acceptors (Lipinski definition) is 4. The van der Waals surface area contributed by atoms with E-state index in [1.807, 2.05) is 79.5 Å². The Balaban J connectivity index is 1.19. The van der Waals surface area contributed by atoms with E-state index in [2.05, 4.69) is 20.5 Å². The van der Waals surface area contributed by atoms with Crippen LogP contribution in [0.5, 0.6) is 0 Å². The number of aromatic nitrogens is 1. The summed E-state index contributed by atoms with van der Waals surface area (Å²) in [5.41, 5.74) is 3.64. The summed E-state index contributed by atoms with van der Waals surface area (Å²) in [6.07, 6.45) is 1.71. The quantitative estimate of drug-likeness (QED) is 0.559. The number of piperidine rings is 1. The molecule has 0 spiro atoms. The van der Waals surface area contributed by atoms with Gasteiger partial charge in [-0.05, 0) is 50.6 Å². The van der Waals surface area contributed by atoms with Crippen molar-refractivity contribution in [1.82, 2.24) is 20.1 Å². The number of benzene rings is 2. The number of amides is 3. The SMILES string of the molecule is Cc1cc(NC(=O)NCCN2CCC(C(=O)N(C)Cc3ccccc3)CC2)c2ccccc2n1. The lowest BCUT2D eigenvalue weighted by atomic mass is 9.95. The molecule has 178 valence electrons. The molecule has 0 radical (unpaired) electrons. The van der Waals surface area contributed by atoms with E-state index in [0.29, 0.717) is 13.1 Å². The van der Waals surface area contributed by atoms with Gasteiger partial charge in [-0.25, -0.2) is 4.79 Å². The van der Waals surface area contributed by atoms with E-state index < -0.39 is 0 Å². The molecule has 0 saturated carbocycles. The Labute approximate surface area is 201 Å². The molecule has 0 unspecified atom stereocenters. The van der Waals surface area contributed by atoms with Crippen LogP contribution in [0.25, 0.3) is 10.9 Å². The van der Waals surface area contributed by atoms with Crippen molar-refractivity contribution in [2.75, 3.05) is 38.5 Å². The molecule has 0 aliphatic carbocycles. The van der Waals surface area contributed by atoms with Crippen LogP contribution in [-0.2, 0) is 11.3 Å². The third-order valence-electron chi connectivity index (χ3n) is 6.38. The van der Waals surface area contributed by atoms with Crippen LogP contribution in [0.2, 0.25) is 0 Å². The molecule has 7 heteroatoms. The molecular weight excluding hydrogens is 426 g/mol. The van der Waals surface area contributed by atoms with Gasteiger partial charge in [0.1, 0.15) is 0 Å². The van der Waals surface area contributed by atoms with Gasteiger partial charge < -0.3 is 20.4 Å². The molecule has 2 N–H and O–H groups in total. The van der Waals surface area contributed by atoms with Crippen molar-refractivity contribution >= 4 is 28.5 Å². The van der Waals surface area contributed by atoms with Crippen LogP contribution in [-0.4, -0.2) is 59.9 Å². The van der Waals surface area contributed by atoms with Crippen molar-refractivity contribution < 1.29 is 9.59 Å². The van der Waals surface area contributed by atoms with Gasteiger partial charge in [0.15, 0.2) is 0 Å². The minimum absolute atomic E-state index is 0.0735. The first-order chi connectivity index (χ1) is 16.5. The molecule has 0 bridgehead atoms. The maximum Gasteiger partial charge on any atom is 0.319 e. The van der Waals surface area contributed by atoms with Crippen molar-refractivity contribution in [1.29, 1.82) is 0 Å². The fraction of sp³-hybridized carbons (Fsp3) is 0.370. The number of pyridine rings is 1. The van der Waals surface area contributed by atoms with Crippen LogP contribution in [0.1, 0.15) is 24.1 Å². The van der Waals surface area contributed by atoms with Gasteiger partial charge in [-0.3, -0.25) is 9.78 Å². The monoisotopic (exact) mass is 459 g/mol. The van der Waals surface area contributed by atoms with Crippen molar-refractivity contribution in [3.8, 4) is 0 Å². The number of hydrogen-bond donors (Lipinski definition) is 2. The summed E-state index contributed by atoms with van der Waals surface area (Å²) >= 11 is 0. The number of fused-ring (bicyclic) bond motifs is 1. The van der Waals surface area contributed by atoms with Gasteiger partial charge in [0.2, 0.25) is 5.91 Å². The predicted molar refractivity (Wildman–Crippen MR) is 136 cm³/mol. The number of nitrogens with one attached hydrogen (secondary N) is 2. The van der Waals surface area contributed by atoms with Crippen LogP contribution in [0.4, 0.5) is 10.5 Å². The number of anilines is 1. The summed E-state index contributed by atoms with van der Waals surface area (Å²) in [7, 11) is 1.89. The minimum atomic E-state index is -0.219. The van der Waals surface area contributed by atoms with E-state index in [1.165, 1.54) is 0 Å². The highest BCUT2D eigenvalue weighted by Gasteiger charge is 2.27. The van der Waals surface area contributed by atoms with E-state index in [1.54, 1.807) is 0 Å². The summed E-state index contributed by atoms with van der Waals surface area (Å²) in [5.74, 6) is 0.297. The molecule has 4 rings (SSSR count). The maximum absolute atomic E-state index is 12.8. The van der Waals surface area contributed by atoms with Gasteiger partial charge in [0.05, 0.1) is 11.2 Å². The number of carbonyl (C=O) groups is 2. The van der Waals surface area contributed by atoms with Gasteiger partial charge >= 0.3 is 6.03 Å². The summed E-state index contributed by atoms with van der Waals surface area (Å²) in [6.45, 7) is 5.62. The summed E-state index contributed by atoms with van der Waals surface area (Å²) in [5, 5.41) is 6.84. The van der Waals surface area contributed by atoms with Crippen molar-refractivity contribution in [3.05, 3.63) is 71.9 Å². The molecule has 1 saturated heterocycles. The molecule has 3 amide bonds. The van der Waals surface area contributed by atoms with Gasteiger partial charge in [-0.1, -0.05) is 48.5 Å². The average molecular weight is 460 g/mol. The normalized spacial score (nSPS) is 14.6. The molecule has 3 aromatic rings. The minimum Gasteiger partial charge on any atom is -0.341 e. The van der Waals surface area contributed by atoms with Crippen molar-refractivity contribution in [2.24, 2.45) is 5.92 Å². The zero-order valence-electron chi connectivity index (χ0n) is 20.0. The number of nitrogens with zero attached hydrogens (tertiary/aromatic N) is 3. The Bertz CT molecular complexity index is 1130. The summed E-state index contributed by atoms with van der Waals surface area (Å²) in [4.78, 5) is 34.0. The smallest absolute Gasteiger partial charge is 0.319 e. The van der Waals surface area contributed by atoms with E-state index >= 15 is 0 Å². The number of urea groups is 1. The van der Waals surface area contributed by atoms with Crippen molar-refractivity contribution in [2.45, 2.75) is 26.3 Å². The molecule has 0 atom stereocenters. The first kappa shape index (κ1) is 23.7. The second-order valence-electron chi connectivity index (χ2n) is 9.01. The predicted octanol–water partition coefficient (Wildman–Crippen LogP) is 4.04. The summed E-state index contributed by atoms with van der Waals surface area (Å²) in [6, 6.07) is 19.5. The fourth-order valence-corrected chi connectivity index (χ4v) is 4.56. The molecule has 2 heterocycles. The lowest BCUT2D eigenvalue weighted by Crippen LogP contribution is -2.44.